The van der Waals surface area contributed by atoms with E-state index in [-0.39, 0.29) is 12.1 Å². The zero-order valence-electron chi connectivity index (χ0n) is 16.6. The summed E-state index contributed by atoms with van der Waals surface area (Å²) in [5, 5.41) is 4.65. The van der Waals surface area contributed by atoms with Gasteiger partial charge in [0.15, 0.2) is 0 Å². The maximum atomic E-state index is 6.26. The standard InChI is InChI=1S/C21H27N5O2/c1-21(2)17-18(24-11-25-20(17)23)15-9-8-14(27-3)10-16(15)19(21)26-28-13-6-4-12(22)5-7-13/h8-13H,4-7,22H2,1-3H3,(H2,23,24,25). The molecule has 2 aliphatic rings. The number of ether oxygens (including phenoxy) is 1. The molecule has 2 aliphatic carbocycles. The topological polar surface area (TPSA) is 109 Å². The second kappa shape index (κ2) is 7.05. The fourth-order valence-corrected chi connectivity index (χ4v) is 4.21. The molecular formula is C21H27N5O2. The maximum absolute atomic E-state index is 6.26. The molecule has 0 radical (unpaired) electrons. The summed E-state index contributed by atoms with van der Waals surface area (Å²) in [4.78, 5) is 14.7. The number of aromatic nitrogens is 2. The van der Waals surface area contributed by atoms with Crippen LogP contribution >= 0.6 is 0 Å². The second-order valence-electron chi connectivity index (χ2n) is 8.10. The first-order chi connectivity index (χ1) is 13.4. The molecule has 7 nitrogen and oxygen atoms in total. The number of fused-ring (bicyclic) bond motifs is 3. The van der Waals surface area contributed by atoms with Crippen LogP contribution in [0.15, 0.2) is 29.7 Å². The van der Waals surface area contributed by atoms with Crippen molar-refractivity contribution in [2.75, 3.05) is 12.8 Å². The second-order valence-corrected chi connectivity index (χ2v) is 8.10. The van der Waals surface area contributed by atoms with Gasteiger partial charge in [0.2, 0.25) is 0 Å². The number of nitrogen functional groups attached to an aromatic ring is 1. The van der Waals surface area contributed by atoms with Crippen LogP contribution in [0.4, 0.5) is 5.82 Å². The van der Waals surface area contributed by atoms with E-state index in [4.69, 9.17) is 21.0 Å². The van der Waals surface area contributed by atoms with Gasteiger partial charge in [0.1, 0.15) is 24.0 Å². The third kappa shape index (κ3) is 3.09. The predicted octanol–water partition coefficient (Wildman–Crippen LogP) is 3.02. The maximum Gasteiger partial charge on any atom is 0.131 e. The van der Waals surface area contributed by atoms with Crippen LogP contribution in [0.3, 0.4) is 0 Å². The molecule has 148 valence electrons. The highest BCUT2D eigenvalue weighted by molar-refractivity contribution is 6.15. The van der Waals surface area contributed by atoms with Crippen LogP contribution in [0, 0.1) is 0 Å². The van der Waals surface area contributed by atoms with Gasteiger partial charge in [0, 0.05) is 28.1 Å². The van der Waals surface area contributed by atoms with E-state index in [0.717, 1.165) is 59.5 Å². The van der Waals surface area contributed by atoms with E-state index in [2.05, 4.69) is 29.0 Å². The molecule has 1 aromatic carbocycles. The number of hydrogen-bond donors (Lipinski definition) is 2. The zero-order valence-corrected chi connectivity index (χ0v) is 16.6. The number of methoxy groups -OCH3 is 1. The summed E-state index contributed by atoms with van der Waals surface area (Å²) in [6.07, 6.45) is 5.36. The number of anilines is 1. The van der Waals surface area contributed by atoms with E-state index in [0.29, 0.717) is 5.82 Å². The Labute approximate surface area is 165 Å². The lowest BCUT2D eigenvalue weighted by Crippen LogP contribution is -2.37. The summed E-state index contributed by atoms with van der Waals surface area (Å²) < 4.78 is 5.45. The minimum atomic E-state index is -0.509. The summed E-state index contributed by atoms with van der Waals surface area (Å²) >= 11 is 0. The molecule has 4 N–H and O–H groups in total. The molecule has 2 aromatic rings. The predicted molar refractivity (Wildman–Crippen MR) is 109 cm³/mol. The van der Waals surface area contributed by atoms with Crippen LogP contribution in [0.2, 0.25) is 0 Å². The first-order valence-electron chi connectivity index (χ1n) is 9.71. The van der Waals surface area contributed by atoms with Crippen molar-refractivity contribution in [2.24, 2.45) is 10.9 Å². The third-order valence-electron chi connectivity index (χ3n) is 5.84. The molecular weight excluding hydrogens is 354 g/mol. The van der Waals surface area contributed by atoms with E-state index in [1.54, 1.807) is 7.11 Å². The van der Waals surface area contributed by atoms with Gasteiger partial charge in [0.05, 0.1) is 18.5 Å². The normalized spacial score (nSPS) is 24.4. The van der Waals surface area contributed by atoms with Crippen molar-refractivity contribution in [2.45, 2.75) is 57.1 Å². The number of nitrogens with two attached hydrogens (primary N) is 2. The minimum absolute atomic E-state index is 0.0860. The van der Waals surface area contributed by atoms with Crippen LogP contribution < -0.4 is 16.2 Å². The Morgan fingerprint density at radius 3 is 2.57 bits per heavy atom. The molecule has 1 aromatic heterocycles. The first-order valence-corrected chi connectivity index (χ1v) is 9.71. The summed E-state index contributed by atoms with van der Waals surface area (Å²) in [5.41, 5.74) is 16.2. The Hall–Kier alpha value is -2.67. The molecule has 0 aliphatic heterocycles. The number of hydrogen-bond acceptors (Lipinski definition) is 7. The van der Waals surface area contributed by atoms with Gasteiger partial charge in [-0.1, -0.05) is 5.16 Å². The smallest absolute Gasteiger partial charge is 0.131 e. The Morgan fingerprint density at radius 1 is 1.11 bits per heavy atom. The van der Waals surface area contributed by atoms with Crippen molar-refractivity contribution in [3.8, 4) is 17.0 Å². The van der Waals surface area contributed by atoms with Gasteiger partial charge in [-0.05, 0) is 57.7 Å². The van der Waals surface area contributed by atoms with Crippen LogP contribution in [0.1, 0.15) is 50.7 Å². The Morgan fingerprint density at radius 2 is 1.86 bits per heavy atom. The highest BCUT2D eigenvalue weighted by atomic mass is 16.6. The number of oxime groups is 1. The van der Waals surface area contributed by atoms with Gasteiger partial charge >= 0.3 is 0 Å². The van der Waals surface area contributed by atoms with Crippen molar-refractivity contribution in [3.05, 3.63) is 35.7 Å². The molecule has 0 atom stereocenters. The van der Waals surface area contributed by atoms with E-state index < -0.39 is 5.41 Å². The Balaban J connectivity index is 1.81. The number of nitrogens with zero attached hydrogens (tertiary/aromatic N) is 3. The molecule has 1 fully saturated rings. The van der Waals surface area contributed by atoms with Crippen molar-refractivity contribution >= 4 is 11.5 Å². The highest BCUT2D eigenvalue weighted by Gasteiger charge is 2.41. The van der Waals surface area contributed by atoms with Crippen LogP contribution in [0.25, 0.3) is 11.3 Å². The minimum Gasteiger partial charge on any atom is -0.497 e. The van der Waals surface area contributed by atoms with E-state index in [1.165, 1.54) is 6.33 Å². The van der Waals surface area contributed by atoms with Gasteiger partial charge in [-0.2, -0.15) is 0 Å². The van der Waals surface area contributed by atoms with Crippen molar-refractivity contribution in [3.63, 3.8) is 0 Å². The monoisotopic (exact) mass is 381 g/mol. The molecule has 7 heteroatoms. The van der Waals surface area contributed by atoms with Crippen LogP contribution in [0.5, 0.6) is 5.75 Å². The van der Waals surface area contributed by atoms with E-state index in [1.807, 2.05) is 18.2 Å². The lowest BCUT2D eigenvalue weighted by Gasteiger charge is -2.35. The molecule has 1 saturated carbocycles. The zero-order chi connectivity index (χ0) is 19.9. The first kappa shape index (κ1) is 18.7. The average molecular weight is 381 g/mol. The molecule has 4 rings (SSSR count). The van der Waals surface area contributed by atoms with Gasteiger partial charge < -0.3 is 21.0 Å². The van der Waals surface area contributed by atoms with Gasteiger partial charge in [-0.15, -0.1) is 0 Å². The molecule has 0 amide bonds. The Kier molecular flexibility index (Phi) is 4.71. The van der Waals surface area contributed by atoms with Gasteiger partial charge in [-0.3, -0.25) is 0 Å². The van der Waals surface area contributed by atoms with E-state index >= 15 is 0 Å². The highest BCUT2D eigenvalue weighted by Crippen LogP contribution is 2.45. The number of rotatable bonds is 3. The van der Waals surface area contributed by atoms with Crippen molar-refractivity contribution < 1.29 is 9.57 Å². The summed E-state index contributed by atoms with van der Waals surface area (Å²) in [6, 6.07) is 6.16. The van der Waals surface area contributed by atoms with E-state index in [9.17, 15) is 0 Å². The van der Waals surface area contributed by atoms with Crippen LogP contribution in [-0.4, -0.2) is 34.9 Å². The summed E-state index contributed by atoms with van der Waals surface area (Å²) in [5.74, 6) is 1.23. The molecule has 0 saturated heterocycles. The average Bonchev–Trinajstić information content (AvgIpc) is 2.68. The largest absolute Gasteiger partial charge is 0.497 e. The third-order valence-corrected chi connectivity index (χ3v) is 5.84. The fraction of sp³-hybridized carbons (Fsp3) is 0.476. The molecule has 28 heavy (non-hydrogen) atoms. The van der Waals surface area contributed by atoms with Gasteiger partial charge in [-0.25, -0.2) is 9.97 Å². The lowest BCUT2D eigenvalue weighted by molar-refractivity contribution is 0.0286. The molecule has 0 spiro atoms. The number of benzene rings is 1. The molecule has 0 unspecified atom stereocenters. The Bertz CT molecular complexity index is 917. The summed E-state index contributed by atoms with van der Waals surface area (Å²) in [7, 11) is 1.66. The quantitative estimate of drug-likeness (QED) is 0.791. The SMILES string of the molecule is COc1ccc2c(c1)C(=NOC1CCC(N)CC1)C(C)(C)c1c(N)ncnc1-2. The fourth-order valence-electron chi connectivity index (χ4n) is 4.21. The van der Waals surface area contributed by atoms with Crippen molar-refractivity contribution in [1.29, 1.82) is 0 Å². The summed E-state index contributed by atoms with van der Waals surface area (Å²) in [6.45, 7) is 4.15. The van der Waals surface area contributed by atoms with Crippen molar-refractivity contribution in [1.82, 2.24) is 9.97 Å². The molecule has 1 heterocycles. The molecule has 0 bridgehead atoms. The van der Waals surface area contributed by atoms with Gasteiger partial charge in [0.25, 0.3) is 0 Å². The van der Waals surface area contributed by atoms with Crippen LogP contribution in [-0.2, 0) is 10.3 Å². The lowest BCUT2D eigenvalue weighted by atomic mass is 9.70.